The molecule has 1 heterocycles. The van der Waals surface area contributed by atoms with Crippen molar-refractivity contribution in [3.63, 3.8) is 0 Å². The number of phenols is 1. The largest absolute Gasteiger partial charge is 0.506 e. The number of hydrogen-bond acceptors (Lipinski definition) is 4. The van der Waals surface area contributed by atoms with Crippen molar-refractivity contribution in [1.82, 2.24) is 9.88 Å². The highest BCUT2D eigenvalue weighted by Crippen LogP contribution is 2.27. The second-order valence-electron chi connectivity index (χ2n) is 10.2. The Morgan fingerprint density at radius 1 is 0.949 bits per heavy atom. The van der Waals surface area contributed by atoms with Crippen LogP contribution in [0.2, 0.25) is 0 Å². The predicted molar refractivity (Wildman–Crippen MR) is 155 cm³/mol. The van der Waals surface area contributed by atoms with E-state index in [0.29, 0.717) is 43.2 Å². The Kier molecular flexibility index (Phi) is 12.3. The molecule has 1 aliphatic rings. The van der Waals surface area contributed by atoms with Gasteiger partial charge in [0.25, 0.3) is 0 Å². The molecule has 2 aromatic carbocycles. The molecule has 4 rings (SSSR count). The van der Waals surface area contributed by atoms with Gasteiger partial charge in [-0.15, -0.1) is 12.4 Å². The van der Waals surface area contributed by atoms with Crippen molar-refractivity contribution < 1.29 is 19.0 Å². The number of nitrogens with zero attached hydrogens (tertiary/aromatic N) is 1. The molecule has 0 atom stereocenters. The van der Waals surface area contributed by atoms with Crippen molar-refractivity contribution in [1.29, 1.82) is 0 Å². The van der Waals surface area contributed by atoms with E-state index in [4.69, 9.17) is 4.74 Å². The van der Waals surface area contributed by atoms with Gasteiger partial charge >= 0.3 is 0 Å². The number of pyridine rings is 1. The minimum absolute atomic E-state index is 0. The summed E-state index contributed by atoms with van der Waals surface area (Å²) in [5.41, 5.74) is 1.99. The molecule has 1 aromatic heterocycles. The number of aromatic amines is 1. The minimum atomic E-state index is -0.229. The molecule has 0 radical (unpaired) electrons. The standard InChI is InChI=1S/C31H39FN2O4.ClH/c32-27-13-7-6-10-24(27)18-21-38-22-19-30(37)34(25-11-4-1-5-12-25)20-8-2-3-9-23-14-16-28(35)31-26(23)15-17-29(36)33-31;/h6-7,10,13-17,25,35H,1-5,8-9,11-12,18-22H2,(H,33,36);1H. The molecule has 1 fully saturated rings. The number of aromatic nitrogens is 1. The van der Waals surface area contributed by atoms with Gasteiger partial charge < -0.3 is 19.7 Å². The summed E-state index contributed by atoms with van der Waals surface area (Å²) in [4.78, 5) is 29.6. The van der Waals surface area contributed by atoms with Gasteiger partial charge in [0, 0.05) is 24.0 Å². The molecule has 0 bridgehead atoms. The summed E-state index contributed by atoms with van der Waals surface area (Å²) in [6.07, 6.45) is 10.3. The van der Waals surface area contributed by atoms with Crippen LogP contribution >= 0.6 is 12.4 Å². The maximum atomic E-state index is 13.8. The van der Waals surface area contributed by atoms with E-state index >= 15 is 0 Å². The Balaban J connectivity index is 0.00000420. The van der Waals surface area contributed by atoms with Crippen LogP contribution in [0.3, 0.4) is 0 Å². The molecule has 0 unspecified atom stereocenters. The summed E-state index contributed by atoms with van der Waals surface area (Å²) in [5, 5.41) is 11.0. The van der Waals surface area contributed by atoms with Gasteiger partial charge in [-0.05, 0) is 67.9 Å². The van der Waals surface area contributed by atoms with Gasteiger partial charge in [0.1, 0.15) is 11.6 Å². The first-order valence-electron chi connectivity index (χ1n) is 14.0. The van der Waals surface area contributed by atoms with Crippen LogP contribution in [0.15, 0.2) is 53.3 Å². The number of aryl methyl sites for hydroxylation is 1. The van der Waals surface area contributed by atoms with Gasteiger partial charge in [-0.3, -0.25) is 9.59 Å². The highest BCUT2D eigenvalue weighted by Gasteiger charge is 2.24. The summed E-state index contributed by atoms with van der Waals surface area (Å²) < 4.78 is 19.5. The Morgan fingerprint density at radius 3 is 2.54 bits per heavy atom. The van der Waals surface area contributed by atoms with Gasteiger partial charge in [0.15, 0.2) is 0 Å². The zero-order chi connectivity index (χ0) is 26.7. The zero-order valence-corrected chi connectivity index (χ0v) is 23.3. The number of nitrogens with one attached hydrogen (secondary N) is 1. The van der Waals surface area contributed by atoms with Gasteiger partial charge in [-0.2, -0.15) is 0 Å². The van der Waals surface area contributed by atoms with Crippen LogP contribution in [0.4, 0.5) is 4.39 Å². The van der Waals surface area contributed by atoms with Crippen LogP contribution in [0.5, 0.6) is 5.75 Å². The van der Waals surface area contributed by atoms with E-state index in [2.05, 4.69) is 9.88 Å². The molecule has 0 saturated heterocycles. The Bertz CT molecular complexity index is 1260. The van der Waals surface area contributed by atoms with Crippen molar-refractivity contribution in [3.05, 3.63) is 75.8 Å². The number of halogens is 2. The number of benzene rings is 2. The van der Waals surface area contributed by atoms with E-state index in [1.165, 1.54) is 31.4 Å². The van der Waals surface area contributed by atoms with Gasteiger partial charge in [0.05, 0.1) is 25.2 Å². The third kappa shape index (κ3) is 8.80. The molecule has 0 aliphatic heterocycles. The maximum Gasteiger partial charge on any atom is 0.248 e. The number of ether oxygens (including phenoxy) is 1. The Hall–Kier alpha value is -2.90. The average molecular weight is 559 g/mol. The molecule has 0 spiro atoms. The topological polar surface area (TPSA) is 82.6 Å². The minimum Gasteiger partial charge on any atom is -0.506 e. The molecular formula is C31H40ClFN2O4. The molecule has 1 saturated carbocycles. The first kappa shape index (κ1) is 30.6. The lowest BCUT2D eigenvalue weighted by Crippen LogP contribution is -2.42. The van der Waals surface area contributed by atoms with Crippen molar-refractivity contribution in [3.8, 4) is 5.75 Å². The second kappa shape index (κ2) is 15.6. The van der Waals surface area contributed by atoms with Gasteiger partial charge in [0.2, 0.25) is 11.5 Å². The molecule has 8 heteroatoms. The van der Waals surface area contributed by atoms with Crippen LogP contribution in [0.1, 0.15) is 68.9 Å². The lowest BCUT2D eigenvalue weighted by molar-refractivity contribution is -0.135. The molecular weight excluding hydrogens is 519 g/mol. The summed E-state index contributed by atoms with van der Waals surface area (Å²) in [6, 6.07) is 13.8. The molecule has 2 N–H and O–H groups in total. The maximum absolute atomic E-state index is 13.8. The van der Waals surface area contributed by atoms with Crippen molar-refractivity contribution in [2.24, 2.45) is 0 Å². The molecule has 6 nitrogen and oxygen atoms in total. The van der Waals surface area contributed by atoms with Crippen molar-refractivity contribution in [2.45, 2.75) is 76.7 Å². The molecule has 1 amide bonds. The number of rotatable bonds is 13. The fraction of sp³-hybridized carbons (Fsp3) is 0.484. The number of carbonyl (C=O) groups excluding carboxylic acids is 1. The number of unbranched alkanes of at least 4 members (excludes halogenated alkanes) is 2. The zero-order valence-electron chi connectivity index (χ0n) is 22.5. The highest BCUT2D eigenvalue weighted by molar-refractivity contribution is 5.87. The summed E-state index contributed by atoms with van der Waals surface area (Å²) in [6.45, 7) is 1.51. The third-order valence-electron chi connectivity index (χ3n) is 7.58. The molecule has 212 valence electrons. The SMILES string of the molecule is Cl.O=C(CCOCCc1ccccc1F)N(CCCCCc1ccc(O)c2[nH]c(=O)ccc12)C1CCCCC1. The van der Waals surface area contributed by atoms with Crippen LogP contribution < -0.4 is 5.56 Å². The van der Waals surface area contributed by atoms with E-state index in [1.54, 1.807) is 24.3 Å². The van der Waals surface area contributed by atoms with Crippen LogP contribution in [-0.2, 0) is 22.4 Å². The van der Waals surface area contributed by atoms with E-state index < -0.39 is 0 Å². The normalized spacial score (nSPS) is 13.8. The highest BCUT2D eigenvalue weighted by atomic mass is 35.5. The fourth-order valence-corrected chi connectivity index (χ4v) is 5.48. The molecule has 39 heavy (non-hydrogen) atoms. The fourth-order valence-electron chi connectivity index (χ4n) is 5.48. The quantitative estimate of drug-likeness (QED) is 0.241. The van der Waals surface area contributed by atoms with Crippen molar-refractivity contribution >= 4 is 29.2 Å². The van der Waals surface area contributed by atoms with E-state index in [0.717, 1.165) is 56.0 Å². The van der Waals surface area contributed by atoms with E-state index in [-0.39, 0.29) is 35.4 Å². The average Bonchev–Trinajstić information content (AvgIpc) is 2.93. The third-order valence-corrected chi connectivity index (χ3v) is 7.58. The summed E-state index contributed by atoms with van der Waals surface area (Å²) >= 11 is 0. The number of aromatic hydroxyl groups is 1. The molecule has 3 aromatic rings. The van der Waals surface area contributed by atoms with E-state index in [9.17, 15) is 19.1 Å². The summed E-state index contributed by atoms with van der Waals surface area (Å²) in [7, 11) is 0. The number of amides is 1. The number of phenolic OH excluding ortho intramolecular Hbond substituents is 1. The first-order valence-corrected chi connectivity index (χ1v) is 14.0. The molecule has 1 aliphatic carbocycles. The second-order valence-corrected chi connectivity index (χ2v) is 10.2. The summed E-state index contributed by atoms with van der Waals surface area (Å²) in [5.74, 6) is 0.0137. The Labute approximate surface area is 236 Å². The lowest BCUT2D eigenvalue weighted by atomic mass is 9.93. The van der Waals surface area contributed by atoms with E-state index in [1.807, 2.05) is 12.1 Å². The van der Waals surface area contributed by atoms with Crippen molar-refractivity contribution in [2.75, 3.05) is 19.8 Å². The van der Waals surface area contributed by atoms with Crippen LogP contribution in [0.25, 0.3) is 10.9 Å². The monoisotopic (exact) mass is 558 g/mol. The first-order chi connectivity index (χ1) is 18.5. The van der Waals surface area contributed by atoms with Gasteiger partial charge in [-0.1, -0.05) is 49.9 Å². The van der Waals surface area contributed by atoms with Gasteiger partial charge in [-0.25, -0.2) is 4.39 Å². The smallest absolute Gasteiger partial charge is 0.248 e. The number of carbonyl (C=O) groups is 1. The predicted octanol–water partition coefficient (Wildman–Crippen LogP) is 6.32. The Morgan fingerprint density at radius 2 is 1.74 bits per heavy atom. The number of H-pyrrole nitrogens is 1. The van der Waals surface area contributed by atoms with Crippen LogP contribution in [-0.4, -0.2) is 46.7 Å². The number of fused-ring (bicyclic) bond motifs is 1. The van der Waals surface area contributed by atoms with Crippen LogP contribution in [0, 0.1) is 5.82 Å². The number of hydrogen-bond donors (Lipinski definition) is 2. The lowest BCUT2D eigenvalue weighted by Gasteiger charge is -2.34.